The first kappa shape index (κ1) is 12.8. The number of hydrogen-bond acceptors (Lipinski definition) is 6. The van der Waals surface area contributed by atoms with Crippen LogP contribution >= 0.6 is 0 Å². The number of nitrogens with zero attached hydrogens (tertiary/aromatic N) is 1. The highest BCUT2D eigenvalue weighted by Gasteiger charge is 2.27. The van der Waals surface area contributed by atoms with E-state index in [-0.39, 0.29) is 0 Å². The molecule has 0 bridgehead atoms. The van der Waals surface area contributed by atoms with Gasteiger partial charge in [-0.3, -0.25) is 19.7 Å². The number of aliphatic hydroxyl groups excluding tert-OH is 2. The molecule has 1 rings (SSSR count). The van der Waals surface area contributed by atoms with Crippen molar-refractivity contribution < 1.29 is 19.9 Å². The molecule has 0 spiro atoms. The summed E-state index contributed by atoms with van der Waals surface area (Å²) >= 11 is 0. The van der Waals surface area contributed by atoms with Crippen LogP contribution in [0.1, 0.15) is 11.7 Å². The Bertz CT molecular complexity index is 510. The number of amides is 1. The lowest BCUT2D eigenvalue weighted by Crippen LogP contribution is -2.36. The van der Waals surface area contributed by atoms with Gasteiger partial charge in [0.15, 0.2) is 6.10 Å². The van der Waals surface area contributed by atoms with Gasteiger partial charge in [0.1, 0.15) is 6.10 Å². The Labute approximate surface area is 93.7 Å². The molecule has 5 N–H and O–H groups in total. The number of nitrogens with two attached hydrogens (primary N) is 1. The van der Waals surface area contributed by atoms with Gasteiger partial charge < -0.3 is 20.9 Å². The number of aromatic amines is 1. The highest BCUT2D eigenvalue weighted by molar-refractivity contribution is 5.79. The van der Waals surface area contributed by atoms with Crippen LogP contribution in [0.4, 0.5) is 5.69 Å². The first-order chi connectivity index (χ1) is 7.84. The maximum atomic E-state index is 11.3. The van der Waals surface area contributed by atoms with Crippen LogP contribution < -0.4 is 11.3 Å². The van der Waals surface area contributed by atoms with Crippen molar-refractivity contribution in [2.24, 2.45) is 5.73 Å². The summed E-state index contributed by atoms with van der Waals surface area (Å²) in [6.07, 6.45) is -3.11. The van der Waals surface area contributed by atoms with Crippen LogP contribution in [0.2, 0.25) is 0 Å². The second-order valence-electron chi connectivity index (χ2n) is 3.19. The molecule has 1 aromatic heterocycles. The first-order valence-corrected chi connectivity index (χ1v) is 4.37. The number of aromatic nitrogens is 1. The zero-order valence-corrected chi connectivity index (χ0v) is 8.36. The highest BCUT2D eigenvalue weighted by Crippen LogP contribution is 2.17. The third-order valence-electron chi connectivity index (χ3n) is 2.04. The molecule has 1 amide bonds. The number of pyridine rings is 1. The smallest absolute Gasteiger partial charge is 0.285 e. The van der Waals surface area contributed by atoms with Crippen LogP contribution in [-0.4, -0.2) is 32.1 Å². The molecule has 0 saturated heterocycles. The molecule has 0 saturated carbocycles. The molecule has 0 aliphatic rings. The van der Waals surface area contributed by atoms with Crippen molar-refractivity contribution in [3.05, 3.63) is 38.3 Å². The number of rotatable bonds is 4. The minimum absolute atomic E-state index is 0.490. The van der Waals surface area contributed by atoms with Gasteiger partial charge >= 0.3 is 0 Å². The third-order valence-corrected chi connectivity index (χ3v) is 2.04. The number of hydrogen-bond donors (Lipinski definition) is 4. The normalized spacial score (nSPS) is 14.0. The molecule has 17 heavy (non-hydrogen) atoms. The van der Waals surface area contributed by atoms with E-state index in [0.717, 1.165) is 12.3 Å². The molecule has 2 unspecified atom stereocenters. The fourth-order valence-corrected chi connectivity index (χ4v) is 1.14. The molecule has 0 aliphatic carbocycles. The number of aliphatic hydroxyl groups is 2. The van der Waals surface area contributed by atoms with Gasteiger partial charge in [-0.1, -0.05) is 0 Å². The standard InChI is InChI=1S/C8H9N3O6/c9-7(14)6(13)5(12)4-1-3(11(16)17)2-10-8(4)15/h1-2,5-6,12-13H,(H2,9,14)(H,10,15). The van der Waals surface area contributed by atoms with Crippen LogP contribution in [0.25, 0.3) is 0 Å². The summed E-state index contributed by atoms with van der Waals surface area (Å²) < 4.78 is 0. The second kappa shape index (κ2) is 4.72. The van der Waals surface area contributed by atoms with Gasteiger partial charge in [-0.15, -0.1) is 0 Å². The van der Waals surface area contributed by atoms with Gasteiger partial charge in [0, 0.05) is 6.07 Å². The van der Waals surface area contributed by atoms with Crippen LogP contribution in [-0.2, 0) is 4.79 Å². The minimum Gasteiger partial charge on any atom is -0.385 e. The Morgan fingerprint density at radius 2 is 2.12 bits per heavy atom. The quantitative estimate of drug-likeness (QED) is 0.359. The van der Waals surface area contributed by atoms with E-state index in [0.29, 0.717) is 0 Å². The van der Waals surface area contributed by atoms with Gasteiger partial charge in [0.25, 0.3) is 11.2 Å². The average Bonchev–Trinajstić information content (AvgIpc) is 2.27. The summed E-state index contributed by atoms with van der Waals surface area (Å²) in [4.78, 5) is 33.5. The molecule has 0 aromatic carbocycles. The van der Waals surface area contributed by atoms with E-state index in [1.165, 1.54) is 0 Å². The summed E-state index contributed by atoms with van der Waals surface area (Å²) in [5, 5.41) is 29.0. The molecule has 0 aliphatic heterocycles. The number of nitrogens with one attached hydrogen (secondary N) is 1. The lowest BCUT2D eigenvalue weighted by Gasteiger charge is -2.13. The van der Waals surface area contributed by atoms with Gasteiger partial charge in [-0.2, -0.15) is 0 Å². The van der Waals surface area contributed by atoms with E-state index in [9.17, 15) is 24.8 Å². The molecule has 0 radical (unpaired) electrons. The molecule has 0 fully saturated rings. The highest BCUT2D eigenvalue weighted by atomic mass is 16.6. The van der Waals surface area contributed by atoms with Gasteiger partial charge in [-0.25, -0.2) is 0 Å². The summed E-state index contributed by atoms with van der Waals surface area (Å²) in [5.74, 6) is -1.25. The lowest BCUT2D eigenvalue weighted by atomic mass is 10.1. The zero-order valence-electron chi connectivity index (χ0n) is 8.36. The largest absolute Gasteiger partial charge is 0.385 e. The predicted molar refractivity (Wildman–Crippen MR) is 53.9 cm³/mol. The fraction of sp³-hybridized carbons (Fsp3) is 0.250. The Morgan fingerprint density at radius 3 is 2.59 bits per heavy atom. The number of carbonyl (C=O) groups is 1. The Morgan fingerprint density at radius 1 is 1.53 bits per heavy atom. The molecular formula is C8H9N3O6. The fourth-order valence-electron chi connectivity index (χ4n) is 1.14. The van der Waals surface area contributed by atoms with Crippen molar-refractivity contribution in [1.29, 1.82) is 0 Å². The second-order valence-corrected chi connectivity index (χ2v) is 3.19. The molecular weight excluding hydrogens is 234 g/mol. The molecule has 9 heteroatoms. The van der Waals surface area contributed by atoms with E-state index in [1.807, 2.05) is 4.98 Å². The molecule has 1 aromatic rings. The van der Waals surface area contributed by atoms with Crippen molar-refractivity contribution in [3.8, 4) is 0 Å². The van der Waals surface area contributed by atoms with Crippen LogP contribution in [0.3, 0.4) is 0 Å². The van der Waals surface area contributed by atoms with E-state index < -0.39 is 39.8 Å². The van der Waals surface area contributed by atoms with Crippen LogP contribution in [0.15, 0.2) is 17.1 Å². The zero-order chi connectivity index (χ0) is 13.2. The minimum atomic E-state index is -2.02. The monoisotopic (exact) mass is 243 g/mol. The number of primary amides is 1. The summed E-state index contributed by atoms with van der Waals surface area (Å²) in [5.41, 5.74) is 2.87. The number of nitro groups is 1. The van der Waals surface area contributed by atoms with Crippen molar-refractivity contribution in [1.82, 2.24) is 4.98 Å². The summed E-state index contributed by atoms with van der Waals surface area (Å²) in [7, 11) is 0. The molecule has 1 heterocycles. The van der Waals surface area contributed by atoms with Crippen molar-refractivity contribution in [2.75, 3.05) is 0 Å². The van der Waals surface area contributed by atoms with Crippen LogP contribution in [0, 0.1) is 10.1 Å². The summed E-state index contributed by atoms with van der Waals surface area (Å²) in [6, 6.07) is 0.760. The maximum Gasteiger partial charge on any atom is 0.285 e. The van der Waals surface area contributed by atoms with E-state index in [1.54, 1.807) is 0 Å². The van der Waals surface area contributed by atoms with Crippen molar-refractivity contribution in [2.45, 2.75) is 12.2 Å². The van der Waals surface area contributed by atoms with Gasteiger partial charge in [0.2, 0.25) is 5.91 Å². The van der Waals surface area contributed by atoms with Crippen molar-refractivity contribution >= 4 is 11.6 Å². The van der Waals surface area contributed by atoms with Crippen LogP contribution in [0.5, 0.6) is 0 Å². The predicted octanol–water partition coefficient (Wildman–Crippen LogP) is -1.84. The van der Waals surface area contributed by atoms with Gasteiger partial charge in [-0.05, 0) is 0 Å². The van der Waals surface area contributed by atoms with E-state index in [2.05, 4.69) is 0 Å². The third kappa shape index (κ3) is 2.65. The maximum absolute atomic E-state index is 11.3. The first-order valence-electron chi connectivity index (χ1n) is 4.37. The number of carbonyl (C=O) groups excluding carboxylic acids is 1. The van der Waals surface area contributed by atoms with Gasteiger partial charge in [0.05, 0.1) is 16.7 Å². The Balaban J connectivity index is 3.21. The van der Waals surface area contributed by atoms with Crippen molar-refractivity contribution in [3.63, 3.8) is 0 Å². The molecule has 9 nitrogen and oxygen atoms in total. The average molecular weight is 243 g/mol. The Hall–Kier alpha value is -2.26. The van der Waals surface area contributed by atoms with E-state index >= 15 is 0 Å². The number of H-pyrrole nitrogens is 1. The lowest BCUT2D eigenvalue weighted by molar-refractivity contribution is -0.385. The SMILES string of the molecule is NC(=O)C(O)C(O)c1cc([N+](=O)[O-])c[nH]c1=O. The topological polar surface area (TPSA) is 160 Å². The van der Waals surface area contributed by atoms with E-state index in [4.69, 9.17) is 10.8 Å². The molecule has 2 atom stereocenters. The molecule has 92 valence electrons. The Kier molecular flexibility index (Phi) is 3.55. The summed E-state index contributed by atoms with van der Waals surface area (Å²) in [6.45, 7) is 0.